The Labute approximate surface area is 149 Å². The number of benzene rings is 1. The zero-order valence-electron chi connectivity index (χ0n) is 14.4. The Balaban J connectivity index is 1.93. The molecule has 1 fully saturated rings. The number of thioether (sulfide) groups is 1. The van der Waals surface area contributed by atoms with Crippen LogP contribution in [0.3, 0.4) is 0 Å². The van der Waals surface area contributed by atoms with Gasteiger partial charge in [0.25, 0.3) is 0 Å². The number of nitrogens with one attached hydrogen (secondary N) is 3. The molecule has 0 aliphatic heterocycles. The van der Waals surface area contributed by atoms with Crippen LogP contribution in [-0.4, -0.2) is 46.0 Å². The number of hydrogen-bond acceptors (Lipinski definition) is 4. The number of rotatable bonds is 6. The number of aliphatic imine (C=N–C) groups is 1. The maximum Gasteiger partial charge on any atom is 0.240 e. The Bertz CT molecular complexity index is 676. The summed E-state index contributed by atoms with van der Waals surface area (Å²) in [6.07, 6.45) is 5.70. The fourth-order valence-corrected chi connectivity index (χ4v) is 4.40. The zero-order chi connectivity index (χ0) is 17.6. The average Bonchev–Trinajstić information content (AvgIpc) is 3.06. The monoisotopic (exact) mass is 370 g/mol. The molecule has 1 aromatic rings. The number of sulfonamides is 1. The smallest absolute Gasteiger partial charge is 0.240 e. The highest BCUT2D eigenvalue weighted by Crippen LogP contribution is 2.28. The molecule has 1 aliphatic carbocycles. The molecule has 6 nitrogen and oxygen atoms in total. The molecule has 2 atom stereocenters. The van der Waals surface area contributed by atoms with Gasteiger partial charge in [-0.3, -0.25) is 4.99 Å². The molecule has 24 heavy (non-hydrogen) atoms. The number of guanidine groups is 1. The summed E-state index contributed by atoms with van der Waals surface area (Å²) in [6.45, 7) is 0.519. The lowest BCUT2D eigenvalue weighted by molar-refractivity contribution is 0.588. The molecule has 8 heteroatoms. The van der Waals surface area contributed by atoms with E-state index in [1.807, 2.05) is 17.8 Å². The van der Waals surface area contributed by atoms with Crippen molar-refractivity contribution in [3.05, 3.63) is 29.8 Å². The van der Waals surface area contributed by atoms with Gasteiger partial charge >= 0.3 is 0 Å². The second kappa shape index (κ2) is 8.73. The first-order valence-corrected chi connectivity index (χ1v) is 10.8. The largest absolute Gasteiger partial charge is 0.354 e. The zero-order valence-corrected chi connectivity index (χ0v) is 16.0. The summed E-state index contributed by atoms with van der Waals surface area (Å²) in [5.41, 5.74) is 0.891. The summed E-state index contributed by atoms with van der Waals surface area (Å²) >= 11 is 1.92. The van der Waals surface area contributed by atoms with Gasteiger partial charge in [0.2, 0.25) is 10.0 Å². The number of nitrogens with zero attached hydrogens (tertiary/aromatic N) is 1. The van der Waals surface area contributed by atoms with E-state index in [4.69, 9.17) is 0 Å². The Morgan fingerprint density at radius 3 is 2.79 bits per heavy atom. The van der Waals surface area contributed by atoms with Gasteiger partial charge in [0.05, 0.1) is 4.90 Å². The van der Waals surface area contributed by atoms with Crippen LogP contribution in [0.15, 0.2) is 34.2 Å². The molecule has 134 valence electrons. The Kier molecular flexibility index (Phi) is 6.94. The summed E-state index contributed by atoms with van der Waals surface area (Å²) in [4.78, 5) is 4.53. The average molecular weight is 371 g/mol. The Hall–Kier alpha value is -1.25. The Morgan fingerprint density at radius 2 is 2.17 bits per heavy atom. The van der Waals surface area contributed by atoms with E-state index in [0.717, 1.165) is 29.6 Å². The van der Waals surface area contributed by atoms with E-state index in [9.17, 15) is 8.42 Å². The minimum Gasteiger partial charge on any atom is -0.354 e. The van der Waals surface area contributed by atoms with Crippen LogP contribution >= 0.6 is 11.8 Å². The second-order valence-corrected chi connectivity index (χ2v) is 8.82. The molecule has 0 radical (unpaired) electrons. The van der Waals surface area contributed by atoms with Crippen LogP contribution < -0.4 is 15.4 Å². The maximum atomic E-state index is 11.9. The van der Waals surface area contributed by atoms with Crippen molar-refractivity contribution >= 4 is 27.7 Å². The molecular weight excluding hydrogens is 344 g/mol. The lowest BCUT2D eigenvalue weighted by Crippen LogP contribution is -2.42. The first-order chi connectivity index (χ1) is 11.5. The minimum absolute atomic E-state index is 0.269. The molecule has 0 bridgehead atoms. The van der Waals surface area contributed by atoms with Crippen LogP contribution in [-0.2, 0) is 16.6 Å². The molecule has 0 spiro atoms. The van der Waals surface area contributed by atoms with Crippen molar-refractivity contribution in [2.75, 3.05) is 20.4 Å². The first-order valence-electron chi connectivity index (χ1n) is 8.01. The standard InChI is InChI=1S/C16H26N4O2S2/c1-17-16(20-13-7-8-14(10-13)23-3)19-11-12-5-4-6-15(9-12)24(21,22)18-2/h4-6,9,13-14,18H,7-8,10-11H2,1-3H3,(H2,17,19,20). The van der Waals surface area contributed by atoms with E-state index >= 15 is 0 Å². The summed E-state index contributed by atoms with van der Waals surface area (Å²) < 4.78 is 26.1. The van der Waals surface area contributed by atoms with Gasteiger partial charge < -0.3 is 10.6 Å². The van der Waals surface area contributed by atoms with Crippen molar-refractivity contribution < 1.29 is 8.42 Å². The third-order valence-electron chi connectivity index (χ3n) is 4.22. The number of hydrogen-bond donors (Lipinski definition) is 3. The molecule has 0 aromatic heterocycles. The van der Waals surface area contributed by atoms with E-state index in [2.05, 4.69) is 26.6 Å². The first kappa shape index (κ1) is 19.1. The summed E-state index contributed by atoms with van der Waals surface area (Å²) in [5, 5.41) is 7.44. The Morgan fingerprint density at radius 1 is 1.38 bits per heavy atom. The second-order valence-electron chi connectivity index (χ2n) is 5.79. The van der Waals surface area contributed by atoms with Crippen molar-refractivity contribution in [3.8, 4) is 0 Å². The topological polar surface area (TPSA) is 82.6 Å². The SMILES string of the molecule is CN=C(NCc1cccc(S(=O)(=O)NC)c1)NC1CCC(SC)C1. The molecule has 3 N–H and O–H groups in total. The highest BCUT2D eigenvalue weighted by Gasteiger charge is 2.24. The summed E-state index contributed by atoms with van der Waals surface area (Å²) in [6, 6.07) is 7.35. The molecule has 2 rings (SSSR count). The van der Waals surface area contributed by atoms with Gasteiger partial charge in [-0.15, -0.1) is 0 Å². The van der Waals surface area contributed by atoms with Crippen LogP contribution in [0, 0.1) is 0 Å². The molecule has 0 saturated heterocycles. The quantitative estimate of drug-likeness (QED) is 0.523. The fraction of sp³-hybridized carbons (Fsp3) is 0.562. The van der Waals surface area contributed by atoms with E-state index < -0.39 is 10.0 Å². The van der Waals surface area contributed by atoms with Crippen molar-refractivity contribution in [3.63, 3.8) is 0 Å². The highest BCUT2D eigenvalue weighted by molar-refractivity contribution is 7.99. The molecule has 1 saturated carbocycles. The van der Waals surface area contributed by atoms with Gasteiger partial charge in [0, 0.05) is 24.9 Å². The molecule has 1 aromatic carbocycles. The molecule has 0 amide bonds. The van der Waals surface area contributed by atoms with Gasteiger partial charge in [-0.05, 0) is 50.3 Å². The van der Waals surface area contributed by atoms with Crippen LogP contribution in [0.2, 0.25) is 0 Å². The lowest BCUT2D eigenvalue weighted by Gasteiger charge is -2.17. The van der Waals surface area contributed by atoms with Crippen molar-refractivity contribution in [1.29, 1.82) is 0 Å². The molecule has 2 unspecified atom stereocenters. The van der Waals surface area contributed by atoms with Crippen molar-refractivity contribution in [1.82, 2.24) is 15.4 Å². The van der Waals surface area contributed by atoms with Gasteiger partial charge in [0.1, 0.15) is 0 Å². The third-order valence-corrected chi connectivity index (χ3v) is 6.73. The normalized spacial score (nSPS) is 21.7. The van der Waals surface area contributed by atoms with Gasteiger partial charge in [-0.1, -0.05) is 12.1 Å². The van der Waals surface area contributed by atoms with Crippen LogP contribution in [0.1, 0.15) is 24.8 Å². The van der Waals surface area contributed by atoms with Crippen LogP contribution in [0.4, 0.5) is 0 Å². The lowest BCUT2D eigenvalue weighted by atomic mass is 10.2. The van der Waals surface area contributed by atoms with E-state index in [-0.39, 0.29) is 4.90 Å². The molecule has 1 aliphatic rings. The minimum atomic E-state index is -3.42. The van der Waals surface area contributed by atoms with E-state index in [1.165, 1.54) is 13.5 Å². The van der Waals surface area contributed by atoms with Gasteiger partial charge in [-0.2, -0.15) is 11.8 Å². The molecule has 0 heterocycles. The van der Waals surface area contributed by atoms with E-state index in [0.29, 0.717) is 12.6 Å². The van der Waals surface area contributed by atoms with Crippen molar-refractivity contribution in [2.24, 2.45) is 4.99 Å². The third kappa shape index (κ3) is 5.12. The predicted octanol–water partition coefficient (Wildman–Crippen LogP) is 1.54. The summed E-state index contributed by atoms with van der Waals surface area (Å²) in [5.74, 6) is 0.753. The highest BCUT2D eigenvalue weighted by atomic mass is 32.2. The van der Waals surface area contributed by atoms with Crippen molar-refractivity contribution in [2.45, 2.75) is 42.0 Å². The maximum absolute atomic E-state index is 11.9. The molecular formula is C16H26N4O2S2. The fourth-order valence-electron chi connectivity index (χ4n) is 2.80. The summed E-state index contributed by atoms with van der Waals surface area (Å²) in [7, 11) is -0.258. The van der Waals surface area contributed by atoms with E-state index in [1.54, 1.807) is 25.2 Å². The van der Waals surface area contributed by atoms with Gasteiger partial charge in [-0.25, -0.2) is 13.1 Å². The van der Waals surface area contributed by atoms with Crippen LogP contribution in [0.25, 0.3) is 0 Å². The van der Waals surface area contributed by atoms with Gasteiger partial charge in [0.15, 0.2) is 5.96 Å². The predicted molar refractivity (Wildman–Crippen MR) is 101 cm³/mol. The van der Waals surface area contributed by atoms with Crippen LogP contribution in [0.5, 0.6) is 0 Å².